The van der Waals surface area contributed by atoms with Gasteiger partial charge in [-0.1, -0.05) is 24.4 Å². The Kier molecular flexibility index (Phi) is 5.10. The summed E-state index contributed by atoms with van der Waals surface area (Å²) >= 11 is 0. The Morgan fingerprint density at radius 3 is 2.72 bits per heavy atom. The van der Waals surface area contributed by atoms with E-state index in [1.165, 1.54) is 32.1 Å². The highest BCUT2D eigenvalue weighted by molar-refractivity contribution is 5.88. The number of amides is 2. The molecule has 4 aliphatic rings. The Morgan fingerprint density at radius 2 is 1.93 bits per heavy atom. The van der Waals surface area contributed by atoms with Crippen LogP contribution < -0.4 is 5.73 Å². The van der Waals surface area contributed by atoms with Gasteiger partial charge in [-0.2, -0.15) is 0 Å². The molecule has 1 aromatic rings. The molecule has 3 saturated heterocycles. The van der Waals surface area contributed by atoms with Crippen molar-refractivity contribution in [1.29, 1.82) is 0 Å². The van der Waals surface area contributed by atoms with E-state index in [0.717, 1.165) is 50.4 Å². The summed E-state index contributed by atoms with van der Waals surface area (Å²) in [6.45, 7) is 2.44. The van der Waals surface area contributed by atoms with Gasteiger partial charge in [-0.25, -0.2) is 0 Å². The van der Waals surface area contributed by atoms with Crippen LogP contribution in [0.1, 0.15) is 75.2 Å². The zero-order chi connectivity index (χ0) is 20.0. The lowest BCUT2D eigenvalue weighted by molar-refractivity contribution is -0.159. The summed E-state index contributed by atoms with van der Waals surface area (Å²) in [7, 11) is 0. The van der Waals surface area contributed by atoms with E-state index in [2.05, 4.69) is 16.1 Å². The predicted octanol–water partition coefficient (Wildman–Crippen LogP) is 2.41. The quantitative estimate of drug-likeness (QED) is 0.838. The molecule has 5 rings (SSSR count). The van der Waals surface area contributed by atoms with Crippen molar-refractivity contribution in [2.75, 3.05) is 13.1 Å². The number of aromatic nitrogens is 1. The van der Waals surface area contributed by atoms with Crippen LogP contribution in [-0.4, -0.2) is 51.9 Å². The first-order chi connectivity index (χ1) is 14.1. The Balaban J connectivity index is 1.30. The molecule has 7 heteroatoms. The van der Waals surface area contributed by atoms with Gasteiger partial charge in [0.2, 0.25) is 11.8 Å². The van der Waals surface area contributed by atoms with Crippen molar-refractivity contribution < 1.29 is 14.1 Å². The number of nitrogens with two attached hydrogens (primary N) is 1. The summed E-state index contributed by atoms with van der Waals surface area (Å²) in [5.41, 5.74) is 6.88. The molecule has 4 atom stereocenters. The number of carbonyl (C=O) groups excluding carboxylic acids is 2. The number of hydrogen-bond acceptors (Lipinski definition) is 5. The number of carbonyl (C=O) groups is 2. The van der Waals surface area contributed by atoms with E-state index >= 15 is 0 Å². The maximum Gasteiger partial charge on any atom is 0.240 e. The number of fused-ring (bicyclic) bond motifs is 4. The van der Waals surface area contributed by atoms with Crippen molar-refractivity contribution in [2.45, 2.75) is 82.3 Å². The van der Waals surface area contributed by atoms with E-state index in [9.17, 15) is 9.59 Å². The highest BCUT2D eigenvalue weighted by atomic mass is 16.5. The molecule has 29 heavy (non-hydrogen) atoms. The third-order valence-corrected chi connectivity index (χ3v) is 7.69. The zero-order valence-corrected chi connectivity index (χ0v) is 17.1. The first-order valence-electron chi connectivity index (χ1n) is 11.4. The van der Waals surface area contributed by atoms with Crippen LogP contribution in [0.5, 0.6) is 0 Å². The molecule has 0 spiro atoms. The second kappa shape index (κ2) is 7.74. The maximum absolute atomic E-state index is 12.6. The number of piperidine rings is 3. The highest BCUT2D eigenvalue weighted by Crippen LogP contribution is 2.42. The van der Waals surface area contributed by atoms with Gasteiger partial charge in [0.1, 0.15) is 6.04 Å². The van der Waals surface area contributed by atoms with E-state index in [1.54, 1.807) is 0 Å². The van der Waals surface area contributed by atoms with Gasteiger partial charge in [0.25, 0.3) is 0 Å². The predicted molar refractivity (Wildman–Crippen MR) is 107 cm³/mol. The number of rotatable bonds is 4. The van der Waals surface area contributed by atoms with Gasteiger partial charge in [-0.3, -0.25) is 14.5 Å². The molecular weight excluding hydrogens is 368 g/mol. The molecule has 4 heterocycles. The van der Waals surface area contributed by atoms with Gasteiger partial charge in [-0.15, -0.1) is 0 Å². The van der Waals surface area contributed by atoms with Crippen LogP contribution in [0.4, 0.5) is 0 Å². The topological polar surface area (TPSA) is 92.7 Å². The normalized spacial score (nSPS) is 33.5. The molecule has 2 amide bonds. The van der Waals surface area contributed by atoms with Crippen molar-refractivity contribution in [3.63, 3.8) is 0 Å². The number of hydrogen-bond donors (Lipinski definition) is 1. The Hall–Kier alpha value is -1.89. The third kappa shape index (κ3) is 3.58. The first kappa shape index (κ1) is 19.1. The second-order valence-electron chi connectivity index (χ2n) is 9.61. The van der Waals surface area contributed by atoms with Crippen LogP contribution in [0.15, 0.2) is 10.6 Å². The summed E-state index contributed by atoms with van der Waals surface area (Å²) in [6.07, 6.45) is 9.76. The number of nitrogens with zero attached hydrogens (tertiary/aromatic N) is 3. The fraction of sp³-hybridized carbons (Fsp3) is 0.773. The molecule has 7 nitrogen and oxygen atoms in total. The minimum Gasteiger partial charge on any atom is -0.368 e. The average molecular weight is 401 g/mol. The molecule has 1 aromatic heterocycles. The fourth-order valence-electron chi connectivity index (χ4n) is 6.46. The highest BCUT2D eigenvalue weighted by Gasteiger charge is 2.51. The first-order valence-corrected chi connectivity index (χ1v) is 11.4. The largest absolute Gasteiger partial charge is 0.368 e. The number of primary amides is 1. The monoisotopic (exact) mass is 400 g/mol. The summed E-state index contributed by atoms with van der Waals surface area (Å²) in [5, 5.41) is 4.37. The lowest BCUT2D eigenvalue weighted by atomic mass is 9.72. The third-order valence-electron chi connectivity index (χ3n) is 7.69. The van der Waals surface area contributed by atoms with Crippen LogP contribution in [-0.2, 0) is 16.1 Å². The van der Waals surface area contributed by atoms with Crippen LogP contribution in [0, 0.1) is 11.8 Å². The van der Waals surface area contributed by atoms with Gasteiger partial charge in [0, 0.05) is 43.5 Å². The van der Waals surface area contributed by atoms with Crippen LogP contribution in [0.2, 0.25) is 0 Å². The molecule has 3 aliphatic heterocycles. The number of likely N-dealkylation sites (tertiary alicyclic amines) is 1. The van der Waals surface area contributed by atoms with Gasteiger partial charge in [-0.05, 0) is 38.0 Å². The lowest BCUT2D eigenvalue weighted by Gasteiger charge is -2.55. The van der Waals surface area contributed by atoms with Crippen molar-refractivity contribution in [3.05, 3.63) is 17.5 Å². The Labute approximate surface area is 171 Å². The molecule has 2 N–H and O–H groups in total. The van der Waals surface area contributed by atoms with Crippen LogP contribution in [0.3, 0.4) is 0 Å². The molecule has 0 radical (unpaired) electrons. The lowest BCUT2D eigenvalue weighted by Crippen LogP contribution is -2.67. The minimum absolute atomic E-state index is 0.112. The van der Waals surface area contributed by atoms with Gasteiger partial charge < -0.3 is 15.2 Å². The fourth-order valence-corrected chi connectivity index (χ4v) is 6.46. The summed E-state index contributed by atoms with van der Waals surface area (Å²) in [6, 6.07) is 1.84. The summed E-state index contributed by atoms with van der Waals surface area (Å²) in [4.78, 5) is 29.1. The van der Waals surface area contributed by atoms with E-state index < -0.39 is 6.04 Å². The van der Waals surface area contributed by atoms with Crippen molar-refractivity contribution in [3.8, 4) is 0 Å². The van der Waals surface area contributed by atoms with Crippen molar-refractivity contribution in [1.82, 2.24) is 15.0 Å². The zero-order valence-electron chi connectivity index (χ0n) is 17.1. The molecule has 1 saturated carbocycles. The molecule has 0 aromatic carbocycles. The molecular formula is C22H32N4O3. The van der Waals surface area contributed by atoms with Gasteiger partial charge in [0.15, 0.2) is 5.76 Å². The summed E-state index contributed by atoms with van der Waals surface area (Å²) in [5.74, 6) is 1.75. The Bertz CT molecular complexity index is 772. The van der Waals surface area contributed by atoms with E-state index in [-0.39, 0.29) is 23.8 Å². The van der Waals surface area contributed by atoms with E-state index in [4.69, 9.17) is 10.3 Å². The van der Waals surface area contributed by atoms with Crippen LogP contribution >= 0.6 is 0 Å². The second-order valence-corrected chi connectivity index (χ2v) is 9.61. The van der Waals surface area contributed by atoms with E-state index in [0.29, 0.717) is 18.3 Å². The molecule has 0 unspecified atom stereocenters. The molecule has 1 aliphatic carbocycles. The van der Waals surface area contributed by atoms with Gasteiger partial charge >= 0.3 is 0 Å². The smallest absolute Gasteiger partial charge is 0.240 e. The van der Waals surface area contributed by atoms with Crippen molar-refractivity contribution >= 4 is 11.8 Å². The van der Waals surface area contributed by atoms with Gasteiger partial charge in [0.05, 0.1) is 12.2 Å². The van der Waals surface area contributed by atoms with Crippen molar-refractivity contribution in [2.24, 2.45) is 17.6 Å². The van der Waals surface area contributed by atoms with E-state index in [1.807, 2.05) is 4.90 Å². The van der Waals surface area contributed by atoms with Crippen LogP contribution in [0.25, 0.3) is 0 Å². The Morgan fingerprint density at radius 1 is 1.14 bits per heavy atom. The minimum atomic E-state index is -0.459. The SMILES string of the molecule is NC(=O)[C@H]1[C@H]2C[C@H](CN(Cc3cc(C4CCCCC4)no3)C2)[C@@H]2CCCC(=O)N21. The maximum atomic E-state index is 12.6. The molecule has 2 bridgehead atoms. The average Bonchev–Trinajstić information content (AvgIpc) is 3.18. The summed E-state index contributed by atoms with van der Waals surface area (Å²) < 4.78 is 5.69. The molecule has 4 fully saturated rings. The standard InChI is InChI=1S/C22H32N4O3/c23-22(28)21-16-9-15(19-7-4-8-20(27)26(19)21)11-25(12-16)13-17-10-18(24-29-17)14-5-2-1-3-6-14/h10,14-16,19,21H,1-9,11-13H2,(H2,23,28)/t15-,16+,19+,21-/m1/s1. The molecule has 158 valence electrons.